The van der Waals surface area contributed by atoms with Crippen LogP contribution in [-0.4, -0.2) is 39.1 Å². The summed E-state index contributed by atoms with van der Waals surface area (Å²) in [5.41, 5.74) is 2.81. The Hall–Kier alpha value is -0.640. The summed E-state index contributed by atoms with van der Waals surface area (Å²) in [6.07, 6.45) is 31.6. The average Bonchev–Trinajstić information content (AvgIpc) is 3.40. The Labute approximate surface area is 292 Å². The van der Waals surface area contributed by atoms with Gasteiger partial charge in [0.15, 0.2) is 0 Å². The first-order valence-corrected chi connectivity index (χ1v) is 20.8. The fraction of sp³-hybridized carbons (Fsp3) is 0.909. The molecule has 0 aromatic carbocycles. The molecule has 0 unspecified atom stereocenters. The maximum atomic E-state index is 6.54. The lowest BCUT2D eigenvalue weighted by Crippen LogP contribution is -2.51. The van der Waals surface area contributed by atoms with E-state index >= 15 is 0 Å². The molecule has 4 aliphatic rings. The summed E-state index contributed by atoms with van der Waals surface area (Å²) in [6.45, 7) is 21.3. The van der Waals surface area contributed by atoms with Crippen molar-refractivity contribution in [3.8, 4) is 0 Å². The van der Waals surface area contributed by atoms with E-state index in [0.717, 1.165) is 75.0 Å². The van der Waals surface area contributed by atoms with E-state index in [1.165, 1.54) is 109 Å². The number of rotatable bonds is 22. The van der Waals surface area contributed by atoms with Crippen LogP contribution in [0.2, 0.25) is 0 Å². The van der Waals surface area contributed by atoms with Crippen LogP contribution in [0.5, 0.6) is 0 Å². The first-order chi connectivity index (χ1) is 22.7. The molecule has 0 aliphatic heterocycles. The number of unbranched alkanes of at least 4 members (excludes halogenated alkanes) is 5. The molecule has 0 radical (unpaired) electrons. The number of allylic oxidation sites excluding steroid dienone is 2. The van der Waals surface area contributed by atoms with Crippen LogP contribution in [0.1, 0.15) is 164 Å². The van der Waals surface area contributed by atoms with Crippen LogP contribution in [0.3, 0.4) is 0 Å². The van der Waals surface area contributed by atoms with Gasteiger partial charge in [-0.3, -0.25) is 0 Å². The van der Waals surface area contributed by atoms with E-state index in [1.807, 2.05) is 0 Å². The van der Waals surface area contributed by atoms with Crippen LogP contribution in [0, 0.1) is 52.3 Å². The topological polar surface area (TPSA) is 27.7 Å². The van der Waals surface area contributed by atoms with Crippen molar-refractivity contribution in [1.82, 2.24) is 0 Å². The molecule has 0 saturated heterocycles. The smallest absolute Gasteiger partial charge is 0.0647 e. The van der Waals surface area contributed by atoms with Crippen molar-refractivity contribution >= 4 is 0 Å². The van der Waals surface area contributed by atoms with Crippen molar-refractivity contribution in [3.05, 3.63) is 23.8 Å². The predicted octanol–water partition coefficient (Wildman–Crippen LogP) is 12.4. The van der Waals surface area contributed by atoms with Crippen molar-refractivity contribution in [2.24, 2.45) is 52.3 Å². The normalized spacial score (nSPS) is 33.4. The van der Waals surface area contributed by atoms with Gasteiger partial charge in [-0.25, -0.2) is 0 Å². The summed E-state index contributed by atoms with van der Waals surface area (Å²) in [5, 5.41) is 0. The van der Waals surface area contributed by atoms with Gasteiger partial charge in [0, 0.05) is 19.1 Å². The fourth-order valence-corrected chi connectivity index (χ4v) is 11.0. The third-order valence-electron chi connectivity index (χ3n) is 13.7. The van der Waals surface area contributed by atoms with E-state index in [-0.39, 0.29) is 0 Å². The number of hydrogen-bond acceptors (Lipinski definition) is 3. The Morgan fingerprint density at radius 1 is 0.787 bits per heavy atom. The Bertz CT molecular complexity index is 938. The fourth-order valence-electron chi connectivity index (χ4n) is 11.0. The van der Waals surface area contributed by atoms with Crippen LogP contribution in [0.4, 0.5) is 0 Å². The van der Waals surface area contributed by atoms with Crippen LogP contribution in [-0.2, 0) is 14.2 Å². The highest BCUT2D eigenvalue weighted by Gasteiger charge is 2.59. The molecule has 0 amide bonds. The Balaban J connectivity index is 1.08. The summed E-state index contributed by atoms with van der Waals surface area (Å²) in [6, 6.07) is 0. The number of fused-ring (bicyclic) bond motifs is 5. The van der Waals surface area contributed by atoms with E-state index in [2.05, 4.69) is 66.7 Å². The van der Waals surface area contributed by atoms with Crippen molar-refractivity contribution < 1.29 is 14.2 Å². The highest BCUT2D eigenvalue weighted by atomic mass is 16.5. The van der Waals surface area contributed by atoms with E-state index < -0.39 is 0 Å². The molecule has 0 heterocycles. The highest BCUT2D eigenvalue weighted by Crippen LogP contribution is 2.67. The lowest BCUT2D eigenvalue weighted by molar-refractivity contribution is -0.0641. The second kappa shape index (κ2) is 19.7. The molecule has 0 N–H and O–H groups in total. The lowest BCUT2D eigenvalue weighted by Gasteiger charge is -2.58. The maximum Gasteiger partial charge on any atom is 0.0647 e. The Morgan fingerprint density at radius 3 is 2.30 bits per heavy atom. The first-order valence-electron chi connectivity index (χ1n) is 20.8. The molecule has 0 aromatic rings. The zero-order chi connectivity index (χ0) is 33.7. The first kappa shape index (κ1) is 39.2. The summed E-state index contributed by atoms with van der Waals surface area (Å²) in [4.78, 5) is 0. The number of ether oxygens (including phenoxy) is 3. The van der Waals surface area contributed by atoms with Gasteiger partial charge in [-0.1, -0.05) is 117 Å². The monoisotopic (exact) mass is 655 g/mol. The van der Waals surface area contributed by atoms with Gasteiger partial charge in [0.1, 0.15) is 0 Å². The lowest BCUT2D eigenvalue weighted by atomic mass is 9.47. The van der Waals surface area contributed by atoms with Crippen LogP contribution < -0.4 is 0 Å². The van der Waals surface area contributed by atoms with E-state index in [9.17, 15) is 0 Å². The highest BCUT2D eigenvalue weighted by molar-refractivity contribution is 5.25. The van der Waals surface area contributed by atoms with E-state index in [1.54, 1.807) is 5.57 Å². The van der Waals surface area contributed by atoms with E-state index in [4.69, 9.17) is 14.2 Å². The summed E-state index contributed by atoms with van der Waals surface area (Å²) in [7, 11) is 0. The van der Waals surface area contributed by atoms with Gasteiger partial charge in [0.05, 0.1) is 25.9 Å². The SMILES string of the molecule is CC/C=C\COC[C@@H](C)COCCCCCCCCO[C@H]1CC[C@@]2(C)C(=CC[C@H]3[C@@H]4CC[C@H]([C@H](C)CCCC(C)C)[C@@]4(C)CC[C@@H]32)C1. The zero-order valence-electron chi connectivity index (χ0n) is 32.3. The molecule has 272 valence electrons. The number of hydrogen-bond donors (Lipinski definition) is 0. The van der Waals surface area contributed by atoms with Crippen molar-refractivity contribution in [1.29, 1.82) is 0 Å². The van der Waals surface area contributed by atoms with Gasteiger partial charge < -0.3 is 14.2 Å². The summed E-state index contributed by atoms with van der Waals surface area (Å²) >= 11 is 0. The molecule has 4 aliphatic carbocycles. The molecule has 47 heavy (non-hydrogen) atoms. The third-order valence-corrected chi connectivity index (χ3v) is 13.7. The molecule has 3 saturated carbocycles. The molecule has 3 fully saturated rings. The summed E-state index contributed by atoms with van der Waals surface area (Å²) in [5.74, 6) is 5.99. The van der Waals surface area contributed by atoms with E-state index in [0.29, 0.717) is 22.9 Å². The van der Waals surface area contributed by atoms with Crippen LogP contribution in [0.15, 0.2) is 23.8 Å². The molecule has 0 bridgehead atoms. The largest absolute Gasteiger partial charge is 0.381 e. The third kappa shape index (κ3) is 10.9. The van der Waals surface area contributed by atoms with Gasteiger partial charge in [-0.2, -0.15) is 0 Å². The van der Waals surface area contributed by atoms with Gasteiger partial charge in [-0.05, 0) is 117 Å². The Kier molecular flexibility index (Phi) is 16.4. The molecule has 4 rings (SSSR count). The van der Waals surface area contributed by atoms with Crippen molar-refractivity contribution in [2.45, 2.75) is 170 Å². The second-order valence-electron chi connectivity index (χ2n) is 17.7. The van der Waals surface area contributed by atoms with Gasteiger partial charge >= 0.3 is 0 Å². The maximum absolute atomic E-state index is 6.54. The van der Waals surface area contributed by atoms with Gasteiger partial charge in [0.2, 0.25) is 0 Å². The molecule has 9 atom stereocenters. The summed E-state index contributed by atoms with van der Waals surface area (Å²) < 4.78 is 18.1. The van der Waals surface area contributed by atoms with Crippen LogP contribution >= 0.6 is 0 Å². The predicted molar refractivity (Wildman–Crippen MR) is 201 cm³/mol. The second-order valence-corrected chi connectivity index (χ2v) is 17.7. The molecule has 0 spiro atoms. The zero-order valence-corrected chi connectivity index (χ0v) is 32.3. The average molecular weight is 655 g/mol. The quantitative estimate of drug-likeness (QED) is 0.0859. The van der Waals surface area contributed by atoms with Gasteiger partial charge in [-0.15, -0.1) is 0 Å². The standard InChI is InChI=1S/C44H78O3/c1-8-9-14-28-45-32-35(4)33-46-29-15-12-10-11-13-16-30-47-38-24-26-43(6)37(31-38)20-21-39-41-23-22-40(36(5)19-17-18-34(2)3)44(41,7)27-25-42(39)43/h9,14,20,34-36,38-42H,8,10-13,15-19,21-33H2,1-7H3/b14-9-/t35-,36-,38+,39+,40-,41+,42+,43+,44-/m1/s1. The minimum absolute atomic E-state index is 0.437. The van der Waals surface area contributed by atoms with Gasteiger partial charge in [0.25, 0.3) is 0 Å². The van der Waals surface area contributed by atoms with Crippen molar-refractivity contribution in [3.63, 3.8) is 0 Å². The molecular weight excluding hydrogens is 576 g/mol. The molecule has 0 aromatic heterocycles. The minimum Gasteiger partial charge on any atom is -0.381 e. The van der Waals surface area contributed by atoms with Crippen molar-refractivity contribution in [2.75, 3.05) is 33.0 Å². The Morgan fingerprint density at radius 2 is 1.53 bits per heavy atom. The molecule has 3 heteroatoms. The minimum atomic E-state index is 0.437. The molecular formula is C44H78O3. The van der Waals surface area contributed by atoms with Crippen LogP contribution in [0.25, 0.3) is 0 Å². The molecule has 3 nitrogen and oxygen atoms in total.